The van der Waals surface area contributed by atoms with Gasteiger partial charge in [0.15, 0.2) is 0 Å². The van der Waals surface area contributed by atoms with Crippen LogP contribution in [0.5, 0.6) is 0 Å². The van der Waals surface area contributed by atoms with Crippen molar-refractivity contribution < 1.29 is 4.74 Å². The van der Waals surface area contributed by atoms with Crippen LogP contribution in [0.15, 0.2) is 30.3 Å². The highest BCUT2D eigenvalue weighted by Gasteiger charge is 2.18. The Kier molecular flexibility index (Phi) is 5.61. The maximum absolute atomic E-state index is 5.83. The lowest BCUT2D eigenvalue weighted by molar-refractivity contribution is 0.0210. The Balaban J connectivity index is 1.98. The van der Waals surface area contributed by atoms with Gasteiger partial charge in [0.2, 0.25) is 0 Å². The van der Waals surface area contributed by atoms with Crippen molar-refractivity contribution in [3.05, 3.63) is 30.3 Å². The molecule has 4 heteroatoms. The van der Waals surface area contributed by atoms with Crippen LogP contribution >= 0.6 is 12.2 Å². The maximum Gasteiger partial charge on any atom is 0.0749 e. The van der Waals surface area contributed by atoms with Gasteiger partial charge in [0.1, 0.15) is 0 Å². The SMILES string of the molecule is NC(=S)CCN(CC1CCCCO1)c1ccccc1. The van der Waals surface area contributed by atoms with E-state index >= 15 is 0 Å². The molecule has 0 bridgehead atoms. The van der Waals surface area contributed by atoms with Gasteiger partial charge < -0.3 is 15.4 Å². The van der Waals surface area contributed by atoms with Crippen LogP contribution in [0.2, 0.25) is 0 Å². The largest absolute Gasteiger partial charge is 0.393 e. The van der Waals surface area contributed by atoms with Gasteiger partial charge in [0.05, 0.1) is 11.1 Å². The molecule has 1 fully saturated rings. The lowest BCUT2D eigenvalue weighted by atomic mass is 10.1. The Bertz CT molecular complexity index is 390. The smallest absolute Gasteiger partial charge is 0.0749 e. The van der Waals surface area contributed by atoms with Gasteiger partial charge in [0.25, 0.3) is 0 Å². The molecule has 1 unspecified atom stereocenters. The van der Waals surface area contributed by atoms with E-state index in [-0.39, 0.29) is 0 Å². The van der Waals surface area contributed by atoms with E-state index in [2.05, 4.69) is 29.2 Å². The molecule has 1 aliphatic rings. The Labute approximate surface area is 120 Å². The van der Waals surface area contributed by atoms with Crippen molar-refractivity contribution in [1.82, 2.24) is 0 Å². The van der Waals surface area contributed by atoms with Crippen LogP contribution in [0.1, 0.15) is 25.7 Å². The third-order valence-electron chi connectivity index (χ3n) is 3.45. The second kappa shape index (κ2) is 7.46. The van der Waals surface area contributed by atoms with Crippen LogP contribution in [-0.2, 0) is 4.74 Å². The fourth-order valence-corrected chi connectivity index (χ4v) is 2.50. The summed E-state index contributed by atoms with van der Waals surface area (Å²) in [5.74, 6) is 0. The number of nitrogens with two attached hydrogens (primary N) is 1. The van der Waals surface area contributed by atoms with E-state index in [0.717, 1.165) is 32.5 Å². The third-order valence-corrected chi connectivity index (χ3v) is 3.65. The number of benzene rings is 1. The molecule has 0 spiro atoms. The summed E-state index contributed by atoms with van der Waals surface area (Å²) in [6.45, 7) is 2.68. The lowest BCUT2D eigenvalue weighted by Gasteiger charge is -2.31. The predicted octanol–water partition coefficient (Wildman–Crippen LogP) is 2.74. The zero-order valence-electron chi connectivity index (χ0n) is 11.3. The molecule has 0 saturated carbocycles. The van der Waals surface area contributed by atoms with Crippen molar-refractivity contribution in [2.24, 2.45) is 5.73 Å². The summed E-state index contributed by atoms with van der Waals surface area (Å²) in [5, 5.41) is 0. The van der Waals surface area contributed by atoms with Crippen molar-refractivity contribution in [2.45, 2.75) is 31.8 Å². The molecule has 2 N–H and O–H groups in total. The van der Waals surface area contributed by atoms with Crippen LogP contribution in [0.4, 0.5) is 5.69 Å². The van der Waals surface area contributed by atoms with E-state index in [0.29, 0.717) is 11.1 Å². The highest BCUT2D eigenvalue weighted by atomic mass is 32.1. The summed E-state index contributed by atoms with van der Waals surface area (Å²) in [6.07, 6.45) is 4.69. The number of anilines is 1. The average molecular weight is 278 g/mol. The second-order valence-corrected chi connectivity index (χ2v) is 5.51. The van der Waals surface area contributed by atoms with Crippen LogP contribution in [0, 0.1) is 0 Å². The summed E-state index contributed by atoms with van der Waals surface area (Å²) >= 11 is 4.99. The van der Waals surface area contributed by atoms with Crippen molar-refractivity contribution >= 4 is 22.9 Å². The molecule has 2 rings (SSSR count). The molecule has 104 valence electrons. The molecule has 1 aromatic rings. The summed E-state index contributed by atoms with van der Waals surface area (Å²) in [7, 11) is 0. The van der Waals surface area contributed by atoms with Gasteiger partial charge in [0, 0.05) is 31.8 Å². The Hall–Kier alpha value is -1.13. The summed E-state index contributed by atoms with van der Waals surface area (Å²) in [5.41, 5.74) is 6.84. The molecule has 1 saturated heterocycles. The van der Waals surface area contributed by atoms with Gasteiger partial charge in [-0.05, 0) is 31.4 Å². The van der Waals surface area contributed by atoms with Crippen molar-refractivity contribution in [2.75, 3.05) is 24.6 Å². The number of hydrogen-bond donors (Lipinski definition) is 1. The van der Waals surface area contributed by atoms with E-state index in [1.165, 1.54) is 18.5 Å². The van der Waals surface area contributed by atoms with Gasteiger partial charge in [-0.25, -0.2) is 0 Å². The molecule has 0 radical (unpaired) electrons. The highest BCUT2D eigenvalue weighted by Crippen LogP contribution is 2.19. The summed E-state index contributed by atoms with van der Waals surface area (Å²) < 4.78 is 5.83. The van der Waals surface area contributed by atoms with E-state index in [4.69, 9.17) is 22.7 Å². The first-order valence-electron chi connectivity index (χ1n) is 6.95. The molecule has 19 heavy (non-hydrogen) atoms. The van der Waals surface area contributed by atoms with Crippen LogP contribution in [-0.4, -0.2) is 30.8 Å². The minimum atomic E-state index is 0.334. The van der Waals surface area contributed by atoms with Gasteiger partial charge >= 0.3 is 0 Å². The molecular weight excluding hydrogens is 256 g/mol. The quantitative estimate of drug-likeness (QED) is 0.812. The lowest BCUT2D eigenvalue weighted by Crippen LogP contribution is -2.37. The Morgan fingerprint density at radius 1 is 1.32 bits per heavy atom. The number of ether oxygens (including phenoxy) is 1. The van der Waals surface area contributed by atoms with Gasteiger partial charge in [-0.3, -0.25) is 0 Å². The normalized spacial score (nSPS) is 19.1. The molecule has 1 aromatic carbocycles. The second-order valence-electron chi connectivity index (χ2n) is 4.99. The molecule has 0 amide bonds. The first-order chi connectivity index (χ1) is 9.25. The monoisotopic (exact) mass is 278 g/mol. The highest BCUT2D eigenvalue weighted by molar-refractivity contribution is 7.80. The number of nitrogens with zero attached hydrogens (tertiary/aromatic N) is 1. The molecule has 1 atom stereocenters. The first kappa shape index (κ1) is 14.3. The average Bonchev–Trinajstić information content (AvgIpc) is 2.45. The van der Waals surface area contributed by atoms with E-state index in [9.17, 15) is 0 Å². The van der Waals surface area contributed by atoms with E-state index < -0.39 is 0 Å². The van der Waals surface area contributed by atoms with Crippen LogP contribution < -0.4 is 10.6 Å². The van der Waals surface area contributed by atoms with Crippen LogP contribution in [0.25, 0.3) is 0 Å². The van der Waals surface area contributed by atoms with Crippen LogP contribution in [0.3, 0.4) is 0 Å². The summed E-state index contributed by atoms with van der Waals surface area (Å²) in [6, 6.07) is 10.4. The zero-order chi connectivity index (χ0) is 13.5. The fourth-order valence-electron chi connectivity index (χ4n) is 2.41. The number of para-hydroxylation sites is 1. The first-order valence-corrected chi connectivity index (χ1v) is 7.36. The predicted molar refractivity (Wildman–Crippen MR) is 83.6 cm³/mol. The standard InChI is InChI=1S/C15H22N2OS/c16-15(19)9-10-17(13-6-2-1-3-7-13)12-14-8-4-5-11-18-14/h1-3,6-7,14H,4-5,8-12H2,(H2,16,19). The molecule has 0 aromatic heterocycles. The van der Waals surface area contributed by atoms with Crippen molar-refractivity contribution in [3.8, 4) is 0 Å². The Morgan fingerprint density at radius 3 is 2.74 bits per heavy atom. The third kappa shape index (κ3) is 4.80. The number of thiocarbonyl (C=S) groups is 1. The Morgan fingerprint density at radius 2 is 2.11 bits per heavy atom. The fraction of sp³-hybridized carbons (Fsp3) is 0.533. The summed E-state index contributed by atoms with van der Waals surface area (Å²) in [4.78, 5) is 2.90. The molecule has 0 aliphatic carbocycles. The minimum Gasteiger partial charge on any atom is -0.393 e. The minimum absolute atomic E-state index is 0.334. The number of hydrogen-bond acceptors (Lipinski definition) is 3. The maximum atomic E-state index is 5.83. The topological polar surface area (TPSA) is 38.5 Å². The van der Waals surface area contributed by atoms with E-state index in [1.807, 2.05) is 6.07 Å². The zero-order valence-corrected chi connectivity index (χ0v) is 12.1. The molecule has 1 heterocycles. The van der Waals surface area contributed by atoms with Gasteiger partial charge in [-0.1, -0.05) is 30.4 Å². The number of rotatable bonds is 6. The molecular formula is C15H22N2OS. The van der Waals surface area contributed by atoms with E-state index in [1.54, 1.807) is 0 Å². The van der Waals surface area contributed by atoms with Crippen molar-refractivity contribution in [1.29, 1.82) is 0 Å². The van der Waals surface area contributed by atoms with Crippen molar-refractivity contribution in [3.63, 3.8) is 0 Å². The molecule has 3 nitrogen and oxygen atoms in total. The van der Waals surface area contributed by atoms with Gasteiger partial charge in [-0.15, -0.1) is 0 Å². The van der Waals surface area contributed by atoms with Gasteiger partial charge in [-0.2, -0.15) is 0 Å². The molecule has 1 aliphatic heterocycles.